The summed E-state index contributed by atoms with van der Waals surface area (Å²) in [7, 11) is 1.63. The molecular weight excluding hydrogens is 306 g/mol. The van der Waals surface area contributed by atoms with Crippen molar-refractivity contribution in [1.82, 2.24) is 15.2 Å². The normalized spacial score (nSPS) is 24.7. The number of ether oxygens (including phenoxy) is 2. The van der Waals surface area contributed by atoms with Gasteiger partial charge in [0.1, 0.15) is 11.5 Å². The standard InChI is InChI=1S/C18H19N3O3/c1-3-21-17(22)20-15-11-18(21,12-6-8-19-9-7-12)24-16-5-4-13(23-2)10-14(15)16/h4-10,15H,3,11H2,1-2H3,(H,20,22). The molecular formula is C18H19N3O3. The first-order valence-corrected chi connectivity index (χ1v) is 8.03. The minimum atomic E-state index is -0.813. The van der Waals surface area contributed by atoms with E-state index in [0.29, 0.717) is 13.0 Å². The fourth-order valence-corrected chi connectivity index (χ4v) is 3.66. The molecule has 0 radical (unpaired) electrons. The molecule has 2 bridgehead atoms. The summed E-state index contributed by atoms with van der Waals surface area (Å²) in [6.07, 6.45) is 4.09. The number of benzene rings is 1. The van der Waals surface area contributed by atoms with Gasteiger partial charge in [-0.2, -0.15) is 0 Å². The predicted octanol–water partition coefficient (Wildman–Crippen LogP) is 2.81. The van der Waals surface area contributed by atoms with Gasteiger partial charge in [0.2, 0.25) is 5.72 Å². The van der Waals surface area contributed by atoms with E-state index >= 15 is 0 Å². The Labute approximate surface area is 140 Å². The number of hydrogen-bond acceptors (Lipinski definition) is 4. The Kier molecular flexibility index (Phi) is 3.33. The smallest absolute Gasteiger partial charge is 0.321 e. The second-order valence-corrected chi connectivity index (χ2v) is 5.98. The van der Waals surface area contributed by atoms with Crippen LogP contribution in [0.5, 0.6) is 11.5 Å². The quantitative estimate of drug-likeness (QED) is 0.942. The summed E-state index contributed by atoms with van der Waals surface area (Å²) < 4.78 is 11.7. The van der Waals surface area contributed by atoms with Crippen LogP contribution in [0, 0.1) is 0 Å². The molecule has 4 rings (SSSR count). The summed E-state index contributed by atoms with van der Waals surface area (Å²) in [5.41, 5.74) is 1.07. The zero-order chi connectivity index (χ0) is 16.7. The lowest BCUT2D eigenvalue weighted by Crippen LogP contribution is -2.64. The number of carbonyl (C=O) groups excluding carboxylic acids is 1. The summed E-state index contributed by atoms with van der Waals surface area (Å²) in [4.78, 5) is 18.5. The third kappa shape index (κ3) is 2.02. The van der Waals surface area contributed by atoms with Crippen LogP contribution in [0.1, 0.15) is 30.5 Å². The Morgan fingerprint density at radius 3 is 2.88 bits per heavy atom. The molecule has 1 N–H and O–H groups in total. The summed E-state index contributed by atoms with van der Waals surface area (Å²) in [6, 6.07) is 9.28. The summed E-state index contributed by atoms with van der Waals surface area (Å²) in [6.45, 7) is 2.50. The maximum atomic E-state index is 12.7. The molecule has 1 aromatic carbocycles. The van der Waals surface area contributed by atoms with Gasteiger partial charge in [0.05, 0.1) is 13.2 Å². The Morgan fingerprint density at radius 1 is 1.38 bits per heavy atom. The fraction of sp³-hybridized carbons (Fsp3) is 0.333. The van der Waals surface area contributed by atoms with Crippen LogP contribution in [0.25, 0.3) is 0 Å². The number of aromatic nitrogens is 1. The van der Waals surface area contributed by atoms with E-state index in [4.69, 9.17) is 9.47 Å². The SMILES string of the molecule is CCN1C(=O)NC2CC1(c1ccncc1)Oc1ccc(OC)cc12. The van der Waals surface area contributed by atoms with Crippen molar-refractivity contribution < 1.29 is 14.3 Å². The van der Waals surface area contributed by atoms with Gasteiger partial charge in [-0.05, 0) is 37.3 Å². The summed E-state index contributed by atoms with van der Waals surface area (Å²) in [5, 5.41) is 3.09. The molecule has 1 saturated heterocycles. The largest absolute Gasteiger partial charge is 0.497 e. The molecule has 2 aliphatic rings. The van der Waals surface area contributed by atoms with Crippen molar-refractivity contribution >= 4 is 6.03 Å². The average molecular weight is 325 g/mol. The van der Waals surface area contributed by atoms with Crippen molar-refractivity contribution in [3.8, 4) is 11.5 Å². The Bertz CT molecular complexity index is 780. The van der Waals surface area contributed by atoms with Gasteiger partial charge in [-0.25, -0.2) is 4.79 Å². The van der Waals surface area contributed by atoms with Crippen LogP contribution >= 0.6 is 0 Å². The number of carbonyl (C=O) groups is 1. The highest BCUT2D eigenvalue weighted by Gasteiger charge is 2.52. The van der Waals surface area contributed by atoms with Crippen molar-refractivity contribution in [1.29, 1.82) is 0 Å². The second-order valence-electron chi connectivity index (χ2n) is 5.98. The third-order valence-corrected chi connectivity index (χ3v) is 4.78. The van der Waals surface area contributed by atoms with E-state index in [2.05, 4.69) is 10.3 Å². The van der Waals surface area contributed by atoms with E-state index in [-0.39, 0.29) is 12.1 Å². The molecule has 0 aliphatic carbocycles. The average Bonchev–Trinajstić information content (AvgIpc) is 2.62. The molecule has 2 amide bonds. The maximum Gasteiger partial charge on any atom is 0.321 e. The van der Waals surface area contributed by atoms with E-state index < -0.39 is 5.72 Å². The number of urea groups is 1. The molecule has 0 saturated carbocycles. The highest BCUT2D eigenvalue weighted by molar-refractivity contribution is 5.78. The number of nitrogens with zero attached hydrogens (tertiary/aromatic N) is 2. The van der Waals surface area contributed by atoms with Crippen molar-refractivity contribution in [3.05, 3.63) is 53.9 Å². The van der Waals surface area contributed by atoms with Crippen molar-refractivity contribution in [2.45, 2.75) is 25.1 Å². The number of rotatable bonds is 3. The van der Waals surface area contributed by atoms with Crippen molar-refractivity contribution in [2.24, 2.45) is 0 Å². The highest BCUT2D eigenvalue weighted by Crippen LogP contribution is 2.49. The number of pyridine rings is 1. The molecule has 124 valence electrons. The Balaban J connectivity index is 1.88. The first-order chi connectivity index (χ1) is 11.7. The number of amides is 2. The molecule has 6 heteroatoms. The van der Waals surface area contributed by atoms with E-state index in [9.17, 15) is 4.79 Å². The zero-order valence-electron chi connectivity index (χ0n) is 13.7. The molecule has 3 heterocycles. The van der Waals surface area contributed by atoms with E-state index in [1.54, 1.807) is 24.4 Å². The minimum Gasteiger partial charge on any atom is -0.497 e. The highest BCUT2D eigenvalue weighted by atomic mass is 16.5. The maximum absolute atomic E-state index is 12.7. The van der Waals surface area contributed by atoms with Gasteiger partial charge < -0.3 is 14.8 Å². The van der Waals surface area contributed by atoms with E-state index in [1.807, 2.05) is 37.3 Å². The van der Waals surface area contributed by atoms with Crippen LogP contribution < -0.4 is 14.8 Å². The van der Waals surface area contributed by atoms with E-state index in [1.165, 1.54) is 0 Å². The molecule has 0 spiro atoms. The number of hydrogen-bond donors (Lipinski definition) is 1. The molecule has 24 heavy (non-hydrogen) atoms. The first-order valence-electron chi connectivity index (χ1n) is 8.03. The first kappa shape index (κ1) is 14.8. The van der Waals surface area contributed by atoms with Gasteiger partial charge >= 0.3 is 6.03 Å². The van der Waals surface area contributed by atoms with Crippen LogP contribution in [0.4, 0.5) is 4.79 Å². The van der Waals surface area contributed by atoms with Gasteiger partial charge in [-0.3, -0.25) is 9.88 Å². The van der Waals surface area contributed by atoms with Crippen LogP contribution in [0.2, 0.25) is 0 Å². The second kappa shape index (κ2) is 5.40. The molecule has 2 aliphatic heterocycles. The predicted molar refractivity (Wildman–Crippen MR) is 87.8 cm³/mol. The molecule has 2 atom stereocenters. The molecule has 2 aromatic rings. The van der Waals surface area contributed by atoms with Crippen LogP contribution in [-0.4, -0.2) is 29.6 Å². The monoisotopic (exact) mass is 325 g/mol. The van der Waals surface area contributed by atoms with Gasteiger partial charge in [0.15, 0.2) is 0 Å². The third-order valence-electron chi connectivity index (χ3n) is 4.78. The fourth-order valence-electron chi connectivity index (χ4n) is 3.66. The molecule has 6 nitrogen and oxygen atoms in total. The van der Waals surface area contributed by atoms with Crippen molar-refractivity contribution in [3.63, 3.8) is 0 Å². The lowest BCUT2D eigenvalue weighted by atomic mass is 9.85. The van der Waals surface area contributed by atoms with Gasteiger partial charge in [0.25, 0.3) is 0 Å². The van der Waals surface area contributed by atoms with Crippen LogP contribution in [0.3, 0.4) is 0 Å². The van der Waals surface area contributed by atoms with Crippen LogP contribution in [-0.2, 0) is 5.72 Å². The van der Waals surface area contributed by atoms with E-state index in [0.717, 1.165) is 22.6 Å². The minimum absolute atomic E-state index is 0.118. The van der Waals surface area contributed by atoms with Gasteiger partial charge in [-0.1, -0.05) is 0 Å². The summed E-state index contributed by atoms with van der Waals surface area (Å²) in [5.74, 6) is 1.52. The number of methoxy groups -OCH3 is 1. The Hall–Kier alpha value is -2.76. The van der Waals surface area contributed by atoms with Gasteiger partial charge in [0, 0.05) is 36.5 Å². The summed E-state index contributed by atoms with van der Waals surface area (Å²) >= 11 is 0. The molecule has 2 unspecified atom stereocenters. The number of nitrogens with one attached hydrogen (secondary N) is 1. The molecule has 1 aromatic heterocycles. The van der Waals surface area contributed by atoms with Crippen LogP contribution in [0.15, 0.2) is 42.7 Å². The Morgan fingerprint density at radius 2 is 2.17 bits per heavy atom. The zero-order valence-corrected chi connectivity index (χ0v) is 13.7. The van der Waals surface area contributed by atoms with Crippen molar-refractivity contribution in [2.75, 3.05) is 13.7 Å². The number of fused-ring (bicyclic) bond motifs is 4. The molecule has 1 fully saturated rings. The topological polar surface area (TPSA) is 63.7 Å². The van der Waals surface area contributed by atoms with Gasteiger partial charge in [-0.15, -0.1) is 0 Å². The lowest BCUT2D eigenvalue weighted by molar-refractivity contribution is -0.103. The lowest BCUT2D eigenvalue weighted by Gasteiger charge is -2.52.